The summed E-state index contributed by atoms with van der Waals surface area (Å²) in [6.45, 7) is 32.0. The summed E-state index contributed by atoms with van der Waals surface area (Å²) in [6.07, 6.45) is 4.18. The third-order valence-electron chi connectivity index (χ3n) is 12.4. The molecule has 0 radical (unpaired) electrons. The topological polar surface area (TPSA) is 79.3 Å². The first-order valence-corrected chi connectivity index (χ1v) is 18.8. The van der Waals surface area contributed by atoms with Crippen LogP contribution in [-0.2, 0) is 36.3 Å². The molecule has 2 atom stereocenters. The monoisotopic (exact) mass is 685 g/mol. The molecule has 7 nitrogen and oxygen atoms in total. The molecule has 280 valence electrons. The van der Waals surface area contributed by atoms with Crippen LogP contribution in [0.2, 0.25) is 0 Å². The second kappa shape index (κ2) is 13.8. The minimum absolute atomic E-state index is 0.0445. The van der Waals surface area contributed by atoms with Crippen LogP contribution in [0.3, 0.4) is 0 Å². The van der Waals surface area contributed by atoms with E-state index >= 15 is 4.79 Å². The number of phenols is 1. The minimum atomic E-state index is -1.55. The number of hydrogen-bond acceptors (Lipinski definition) is 7. The summed E-state index contributed by atoms with van der Waals surface area (Å²) < 4.78 is 13.1. The molecule has 0 bridgehead atoms. The standard InChI is InChI=1S/C42H72N2O5/c1-18-19-21-42(34(46)48-29-26-39(10,11)43(16)40(12,13)27-29,35(47)49-32-20-22-38(8,9)44(17)41(32,14)15)25-28-23-30(36(2,3)4)33(45)31(24-28)37(5,6)7/h23-24,29,32,45H,18-22,25-27H2,1-17H3. The van der Waals surface area contributed by atoms with Crippen molar-refractivity contribution in [2.75, 3.05) is 14.1 Å². The maximum absolute atomic E-state index is 15.0. The molecule has 2 aliphatic rings. The molecule has 2 saturated heterocycles. The highest BCUT2D eigenvalue weighted by molar-refractivity contribution is 6.00. The lowest BCUT2D eigenvalue weighted by Crippen LogP contribution is -2.64. The fourth-order valence-corrected chi connectivity index (χ4v) is 8.36. The fourth-order valence-electron chi connectivity index (χ4n) is 8.36. The average molecular weight is 685 g/mol. The van der Waals surface area contributed by atoms with E-state index < -0.39 is 22.9 Å². The normalized spacial score (nSPS) is 24.2. The van der Waals surface area contributed by atoms with Crippen LogP contribution in [0.1, 0.15) is 165 Å². The molecule has 1 N–H and O–H groups in total. The molecule has 0 aliphatic carbocycles. The van der Waals surface area contributed by atoms with Gasteiger partial charge in [0.1, 0.15) is 18.0 Å². The Kier molecular flexibility index (Phi) is 11.6. The van der Waals surface area contributed by atoms with Crippen molar-refractivity contribution in [1.82, 2.24) is 9.80 Å². The van der Waals surface area contributed by atoms with Crippen molar-refractivity contribution in [2.24, 2.45) is 5.41 Å². The number of carbonyl (C=O) groups excluding carboxylic acids is 2. The molecule has 0 spiro atoms. The lowest BCUT2D eigenvalue weighted by molar-refractivity contribution is -0.192. The predicted molar refractivity (Wildman–Crippen MR) is 201 cm³/mol. The molecule has 1 aromatic carbocycles. The zero-order valence-electron chi connectivity index (χ0n) is 34.4. The summed E-state index contributed by atoms with van der Waals surface area (Å²) in [5, 5.41) is 11.5. The van der Waals surface area contributed by atoms with Gasteiger partial charge in [-0.2, -0.15) is 0 Å². The van der Waals surface area contributed by atoms with Crippen molar-refractivity contribution >= 4 is 11.9 Å². The van der Waals surface area contributed by atoms with Crippen molar-refractivity contribution in [2.45, 2.75) is 200 Å². The van der Waals surface area contributed by atoms with E-state index in [1.807, 2.05) is 12.1 Å². The molecule has 2 heterocycles. The quantitative estimate of drug-likeness (QED) is 0.205. The number of piperidine rings is 2. The maximum Gasteiger partial charge on any atom is 0.324 e. The van der Waals surface area contributed by atoms with Gasteiger partial charge in [0.05, 0.1) is 5.54 Å². The number of phenolic OH excluding ortho intramolecular Hbond substituents is 1. The van der Waals surface area contributed by atoms with E-state index in [9.17, 15) is 9.90 Å². The van der Waals surface area contributed by atoms with Gasteiger partial charge in [-0.3, -0.25) is 19.4 Å². The summed E-state index contributed by atoms with van der Waals surface area (Å²) in [7, 11) is 4.23. The van der Waals surface area contributed by atoms with E-state index in [2.05, 4.69) is 128 Å². The van der Waals surface area contributed by atoms with Crippen LogP contribution < -0.4 is 0 Å². The summed E-state index contributed by atoms with van der Waals surface area (Å²) in [4.78, 5) is 34.7. The number of ether oxygens (including phenoxy) is 2. The van der Waals surface area contributed by atoms with E-state index in [-0.39, 0.29) is 51.8 Å². The van der Waals surface area contributed by atoms with Gasteiger partial charge in [0.15, 0.2) is 5.41 Å². The number of nitrogens with zero attached hydrogens (tertiary/aromatic N) is 2. The van der Waals surface area contributed by atoms with Gasteiger partial charge in [0, 0.05) is 29.5 Å². The number of aromatic hydroxyl groups is 1. The molecule has 1 aromatic rings. The van der Waals surface area contributed by atoms with Gasteiger partial charge in [-0.25, -0.2) is 0 Å². The van der Waals surface area contributed by atoms with Gasteiger partial charge in [0.2, 0.25) is 0 Å². The summed E-state index contributed by atoms with van der Waals surface area (Å²) >= 11 is 0. The zero-order chi connectivity index (χ0) is 37.8. The number of likely N-dealkylation sites (N-methyl/N-ethyl adjacent to an activating group) is 1. The molecule has 0 aromatic heterocycles. The number of likely N-dealkylation sites (tertiary alicyclic amines) is 2. The van der Waals surface area contributed by atoms with Gasteiger partial charge in [-0.15, -0.1) is 0 Å². The molecule has 2 unspecified atom stereocenters. The summed E-state index contributed by atoms with van der Waals surface area (Å²) in [6, 6.07) is 3.99. The highest BCUT2D eigenvalue weighted by atomic mass is 16.6. The summed E-state index contributed by atoms with van der Waals surface area (Å²) in [5.74, 6) is -0.707. The predicted octanol–water partition coefficient (Wildman–Crippen LogP) is 9.10. The maximum atomic E-state index is 15.0. The smallest absolute Gasteiger partial charge is 0.324 e. The second-order valence-corrected chi connectivity index (χ2v) is 20.0. The van der Waals surface area contributed by atoms with Gasteiger partial charge < -0.3 is 14.6 Å². The van der Waals surface area contributed by atoms with Crippen LogP contribution in [0.15, 0.2) is 12.1 Å². The van der Waals surface area contributed by atoms with Crippen molar-refractivity contribution < 1.29 is 24.2 Å². The lowest BCUT2D eigenvalue weighted by atomic mass is 9.73. The molecule has 2 aliphatic heterocycles. The van der Waals surface area contributed by atoms with E-state index in [4.69, 9.17) is 9.47 Å². The van der Waals surface area contributed by atoms with Gasteiger partial charge in [0.25, 0.3) is 0 Å². The van der Waals surface area contributed by atoms with Crippen molar-refractivity contribution in [3.8, 4) is 5.75 Å². The zero-order valence-corrected chi connectivity index (χ0v) is 34.4. The third-order valence-corrected chi connectivity index (χ3v) is 12.4. The Bertz CT molecular complexity index is 1310. The van der Waals surface area contributed by atoms with Crippen molar-refractivity contribution in [1.29, 1.82) is 0 Å². The van der Waals surface area contributed by atoms with E-state index in [0.29, 0.717) is 32.1 Å². The Morgan fingerprint density at radius 3 is 1.71 bits per heavy atom. The lowest BCUT2D eigenvalue weighted by Gasteiger charge is -2.54. The molecule has 49 heavy (non-hydrogen) atoms. The van der Waals surface area contributed by atoms with Crippen molar-refractivity contribution in [3.63, 3.8) is 0 Å². The number of benzene rings is 1. The Morgan fingerprint density at radius 2 is 1.27 bits per heavy atom. The summed E-state index contributed by atoms with van der Waals surface area (Å²) in [5.41, 5.74) is -0.682. The Labute approximate surface area is 299 Å². The Morgan fingerprint density at radius 1 is 0.796 bits per heavy atom. The van der Waals surface area contributed by atoms with E-state index in [1.54, 1.807) is 0 Å². The second-order valence-electron chi connectivity index (χ2n) is 20.0. The Balaban J connectivity index is 2.21. The molecular formula is C42H72N2O5. The number of rotatable bonds is 9. The first-order chi connectivity index (χ1) is 22.0. The number of unbranched alkanes of at least 4 members (excludes halogenated alkanes) is 1. The van der Waals surface area contributed by atoms with Crippen molar-refractivity contribution in [3.05, 3.63) is 28.8 Å². The van der Waals surface area contributed by atoms with Crippen LogP contribution in [0.5, 0.6) is 5.75 Å². The first-order valence-electron chi connectivity index (χ1n) is 18.8. The largest absolute Gasteiger partial charge is 0.507 e. The fraction of sp³-hybridized carbons (Fsp3) is 0.810. The molecule has 0 amide bonds. The minimum Gasteiger partial charge on any atom is -0.507 e. The van der Waals surface area contributed by atoms with E-state index in [0.717, 1.165) is 29.5 Å². The number of hydrogen-bond donors (Lipinski definition) is 1. The molecule has 2 fully saturated rings. The van der Waals surface area contributed by atoms with Crippen LogP contribution in [0.4, 0.5) is 0 Å². The van der Waals surface area contributed by atoms with Crippen LogP contribution in [-0.4, -0.2) is 75.3 Å². The van der Waals surface area contributed by atoms with E-state index in [1.165, 1.54) is 0 Å². The van der Waals surface area contributed by atoms with Gasteiger partial charge in [-0.1, -0.05) is 73.4 Å². The van der Waals surface area contributed by atoms with Crippen LogP contribution >= 0.6 is 0 Å². The highest BCUT2D eigenvalue weighted by Crippen LogP contribution is 2.45. The third kappa shape index (κ3) is 8.51. The highest BCUT2D eigenvalue weighted by Gasteiger charge is 2.54. The molecular weight excluding hydrogens is 612 g/mol. The SMILES string of the molecule is CCCCC(Cc1cc(C(C)(C)C)c(O)c(C(C)(C)C)c1)(C(=O)OC1CC(C)(C)N(C)C(C)(C)C1)C(=O)OC1CCC(C)(C)N(C)C1(C)C. The molecule has 0 saturated carbocycles. The first kappa shape index (κ1) is 41.3. The number of esters is 2. The van der Waals surface area contributed by atoms with Crippen LogP contribution in [0, 0.1) is 5.41 Å². The molecule has 7 heteroatoms. The number of carbonyl (C=O) groups is 2. The van der Waals surface area contributed by atoms with Gasteiger partial charge in [-0.05, 0) is 123 Å². The van der Waals surface area contributed by atoms with Gasteiger partial charge >= 0.3 is 11.9 Å². The van der Waals surface area contributed by atoms with Crippen LogP contribution in [0.25, 0.3) is 0 Å². The Hall–Kier alpha value is -2.12. The molecule has 3 rings (SSSR count). The average Bonchev–Trinajstić information content (AvgIpc) is 2.93.